The minimum Gasteiger partial charge on any atom is -0.466 e. The second-order valence-electron chi connectivity index (χ2n) is 3.60. The van der Waals surface area contributed by atoms with Gasteiger partial charge in [0, 0.05) is 0 Å². The summed E-state index contributed by atoms with van der Waals surface area (Å²) in [6.45, 7) is 2.07. The van der Waals surface area contributed by atoms with Crippen LogP contribution in [0.2, 0.25) is 0 Å². The molecule has 0 radical (unpaired) electrons. The van der Waals surface area contributed by atoms with E-state index in [-0.39, 0.29) is 6.42 Å². The number of rotatable bonds is 4. The van der Waals surface area contributed by atoms with Gasteiger partial charge in [-0.25, -0.2) is 4.98 Å². The predicted molar refractivity (Wildman–Crippen MR) is 65.8 cm³/mol. The standard InChI is InChI=1S/C12H13NO3S/c1-2-16-12(15)6-10(14)8-3-4-11-9(5-8)13-7-17-11/h3-5,7,10,14H,2,6H2,1H3/t10-/m0/s1. The van der Waals surface area contributed by atoms with Crippen LogP contribution in [-0.4, -0.2) is 22.7 Å². The summed E-state index contributed by atoms with van der Waals surface area (Å²) in [4.78, 5) is 15.4. The van der Waals surface area contributed by atoms with Crippen molar-refractivity contribution in [3.63, 3.8) is 0 Å². The maximum atomic E-state index is 11.2. The van der Waals surface area contributed by atoms with Gasteiger partial charge in [0.05, 0.1) is 34.9 Å². The Morgan fingerprint density at radius 2 is 2.41 bits per heavy atom. The van der Waals surface area contributed by atoms with Gasteiger partial charge in [-0.2, -0.15) is 0 Å². The SMILES string of the molecule is CCOC(=O)C[C@H](O)c1ccc2scnc2c1. The summed E-state index contributed by atoms with van der Waals surface area (Å²) in [5.41, 5.74) is 3.29. The van der Waals surface area contributed by atoms with Crippen LogP contribution in [0.4, 0.5) is 0 Å². The molecule has 0 fully saturated rings. The monoisotopic (exact) mass is 251 g/mol. The molecule has 0 saturated carbocycles. The van der Waals surface area contributed by atoms with E-state index in [0.717, 1.165) is 10.2 Å². The van der Waals surface area contributed by atoms with Gasteiger partial charge in [0.15, 0.2) is 0 Å². The third-order valence-corrected chi connectivity index (χ3v) is 3.21. The highest BCUT2D eigenvalue weighted by atomic mass is 32.1. The molecule has 2 aromatic rings. The van der Waals surface area contributed by atoms with Crippen molar-refractivity contribution in [2.45, 2.75) is 19.4 Å². The van der Waals surface area contributed by atoms with Gasteiger partial charge in [-0.15, -0.1) is 11.3 Å². The maximum Gasteiger partial charge on any atom is 0.308 e. The molecule has 1 atom stereocenters. The summed E-state index contributed by atoms with van der Waals surface area (Å²) in [6.07, 6.45) is -0.858. The fourth-order valence-electron chi connectivity index (χ4n) is 1.58. The number of aliphatic hydroxyl groups is 1. The number of hydrogen-bond acceptors (Lipinski definition) is 5. The molecule has 0 amide bonds. The van der Waals surface area contributed by atoms with E-state index in [4.69, 9.17) is 4.74 Å². The summed E-state index contributed by atoms with van der Waals surface area (Å²) in [7, 11) is 0. The van der Waals surface area contributed by atoms with Gasteiger partial charge >= 0.3 is 5.97 Å². The molecule has 1 aromatic carbocycles. The van der Waals surface area contributed by atoms with Gasteiger partial charge in [0.25, 0.3) is 0 Å². The minimum absolute atomic E-state index is 0.0243. The van der Waals surface area contributed by atoms with Gasteiger partial charge in [-0.1, -0.05) is 6.07 Å². The Morgan fingerprint density at radius 1 is 1.59 bits per heavy atom. The van der Waals surface area contributed by atoms with E-state index in [1.54, 1.807) is 29.8 Å². The van der Waals surface area contributed by atoms with Crippen molar-refractivity contribution in [3.8, 4) is 0 Å². The quantitative estimate of drug-likeness (QED) is 0.847. The highest BCUT2D eigenvalue weighted by Gasteiger charge is 2.14. The van der Waals surface area contributed by atoms with Gasteiger partial charge in [0.1, 0.15) is 0 Å². The van der Waals surface area contributed by atoms with Crippen LogP contribution in [0.5, 0.6) is 0 Å². The Bertz CT molecular complexity index is 523. The number of fused-ring (bicyclic) bond motifs is 1. The fraction of sp³-hybridized carbons (Fsp3) is 0.333. The Hall–Kier alpha value is -1.46. The normalized spacial score (nSPS) is 12.6. The van der Waals surface area contributed by atoms with E-state index in [9.17, 15) is 9.90 Å². The zero-order valence-corrected chi connectivity index (χ0v) is 10.2. The third-order valence-electron chi connectivity index (χ3n) is 2.40. The molecule has 90 valence electrons. The van der Waals surface area contributed by atoms with E-state index in [1.807, 2.05) is 12.1 Å². The first kappa shape index (κ1) is 12.0. The molecule has 0 aliphatic rings. The number of aromatic nitrogens is 1. The lowest BCUT2D eigenvalue weighted by molar-refractivity contribution is -0.145. The molecular weight excluding hydrogens is 238 g/mol. The average molecular weight is 251 g/mol. The first-order valence-corrected chi connectivity index (χ1v) is 6.25. The lowest BCUT2D eigenvalue weighted by Gasteiger charge is -2.09. The van der Waals surface area contributed by atoms with Crippen molar-refractivity contribution >= 4 is 27.5 Å². The average Bonchev–Trinajstić information content (AvgIpc) is 2.75. The van der Waals surface area contributed by atoms with Crippen molar-refractivity contribution in [3.05, 3.63) is 29.3 Å². The zero-order valence-electron chi connectivity index (χ0n) is 9.42. The Morgan fingerprint density at radius 3 is 3.18 bits per heavy atom. The van der Waals surface area contributed by atoms with Gasteiger partial charge < -0.3 is 9.84 Å². The van der Waals surface area contributed by atoms with Crippen LogP contribution in [0.15, 0.2) is 23.7 Å². The number of thiazole rings is 1. The molecule has 0 aliphatic carbocycles. The Balaban J connectivity index is 2.12. The van der Waals surface area contributed by atoms with Crippen LogP contribution >= 0.6 is 11.3 Å². The second-order valence-corrected chi connectivity index (χ2v) is 4.49. The molecule has 0 saturated heterocycles. The van der Waals surface area contributed by atoms with Crippen LogP contribution in [0.3, 0.4) is 0 Å². The van der Waals surface area contributed by atoms with E-state index < -0.39 is 12.1 Å². The number of esters is 1. The van der Waals surface area contributed by atoms with Crippen molar-refractivity contribution in [2.24, 2.45) is 0 Å². The van der Waals surface area contributed by atoms with Crippen LogP contribution in [0.1, 0.15) is 25.0 Å². The molecule has 2 rings (SSSR count). The molecule has 0 aliphatic heterocycles. The smallest absolute Gasteiger partial charge is 0.308 e. The molecule has 0 bridgehead atoms. The lowest BCUT2D eigenvalue weighted by atomic mass is 10.1. The second kappa shape index (κ2) is 5.25. The van der Waals surface area contributed by atoms with Crippen LogP contribution in [0, 0.1) is 0 Å². The van der Waals surface area contributed by atoms with E-state index in [0.29, 0.717) is 12.2 Å². The molecule has 1 heterocycles. The highest BCUT2D eigenvalue weighted by molar-refractivity contribution is 7.16. The number of carbonyl (C=O) groups excluding carboxylic acids is 1. The largest absolute Gasteiger partial charge is 0.466 e. The molecule has 0 unspecified atom stereocenters. The summed E-state index contributed by atoms with van der Waals surface area (Å²) in [5.74, 6) is -0.390. The van der Waals surface area contributed by atoms with Gasteiger partial charge in [-0.3, -0.25) is 4.79 Å². The summed E-state index contributed by atoms with van der Waals surface area (Å²) in [6, 6.07) is 5.51. The topological polar surface area (TPSA) is 59.4 Å². The highest BCUT2D eigenvalue weighted by Crippen LogP contribution is 2.24. The van der Waals surface area contributed by atoms with Crippen molar-refractivity contribution < 1.29 is 14.6 Å². The van der Waals surface area contributed by atoms with Crippen molar-refractivity contribution in [1.82, 2.24) is 4.98 Å². The molecule has 17 heavy (non-hydrogen) atoms. The van der Waals surface area contributed by atoms with Gasteiger partial charge in [-0.05, 0) is 24.6 Å². The van der Waals surface area contributed by atoms with Crippen LogP contribution < -0.4 is 0 Å². The Labute approximate surface area is 103 Å². The molecule has 1 aromatic heterocycles. The minimum atomic E-state index is -0.833. The molecular formula is C12H13NO3S. The van der Waals surface area contributed by atoms with E-state index in [1.165, 1.54) is 0 Å². The number of benzene rings is 1. The summed E-state index contributed by atoms with van der Waals surface area (Å²) < 4.78 is 5.86. The zero-order chi connectivity index (χ0) is 12.3. The van der Waals surface area contributed by atoms with Crippen LogP contribution in [-0.2, 0) is 9.53 Å². The molecule has 0 spiro atoms. The van der Waals surface area contributed by atoms with Crippen molar-refractivity contribution in [2.75, 3.05) is 6.61 Å². The lowest BCUT2D eigenvalue weighted by Crippen LogP contribution is -2.09. The number of ether oxygens (including phenoxy) is 1. The third kappa shape index (κ3) is 2.81. The summed E-state index contributed by atoms with van der Waals surface area (Å²) in [5, 5.41) is 9.89. The Kier molecular flexibility index (Phi) is 3.71. The number of nitrogens with zero attached hydrogens (tertiary/aromatic N) is 1. The van der Waals surface area contributed by atoms with E-state index >= 15 is 0 Å². The molecule has 1 N–H and O–H groups in total. The number of aliphatic hydroxyl groups excluding tert-OH is 1. The molecule has 5 heteroatoms. The van der Waals surface area contributed by atoms with Gasteiger partial charge in [0.2, 0.25) is 0 Å². The molecule has 4 nitrogen and oxygen atoms in total. The first-order chi connectivity index (χ1) is 8.20. The van der Waals surface area contributed by atoms with Crippen molar-refractivity contribution in [1.29, 1.82) is 0 Å². The van der Waals surface area contributed by atoms with Crippen LogP contribution in [0.25, 0.3) is 10.2 Å². The predicted octanol–water partition coefficient (Wildman–Crippen LogP) is 2.28. The number of hydrogen-bond donors (Lipinski definition) is 1. The maximum absolute atomic E-state index is 11.2. The number of carbonyl (C=O) groups is 1. The van der Waals surface area contributed by atoms with E-state index in [2.05, 4.69) is 4.98 Å². The first-order valence-electron chi connectivity index (χ1n) is 5.37. The summed E-state index contributed by atoms with van der Waals surface area (Å²) >= 11 is 1.55. The fourth-order valence-corrected chi connectivity index (χ4v) is 2.24.